The summed E-state index contributed by atoms with van der Waals surface area (Å²) in [6, 6.07) is 7.00. The Morgan fingerprint density at radius 3 is 2.46 bits per heavy atom. The van der Waals surface area contributed by atoms with E-state index < -0.39 is 0 Å². The van der Waals surface area contributed by atoms with E-state index in [1.165, 1.54) is 44.1 Å². The largest absolute Gasteiger partial charge is 0.352 e. The zero-order chi connectivity index (χ0) is 18.2. The number of aromatic nitrogens is 2. The lowest BCUT2D eigenvalue weighted by Gasteiger charge is -2.15. The maximum absolute atomic E-state index is 13.6. The highest BCUT2D eigenvalue weighted by Gasteiger charge is 2.13. The third-order valence-corrected chi connectivity index (χ3v) is 4.74. The Labute approximate surface area is 153 Å². The van der Waals surface area contributed by atoms with Crippen LogP contribution in [0.5, 0.6) is 0 Å². The molecule has 1 fully saturated rings. The molecule has 1 saturated carbocycles. The van der Waals surface area contributed by atoms with Gasteiger partial charge in [-0.05, 0) is 30.9 Å². The maximum Gasteiger partial charge on any atom is 0.254 e. The predicted molar refractivity (Wildman–Crippen MR) is 99.6 cm³/mol. The number of carbonyl (C=O) groups excluding carboxylic acids is 1. The molecule has 2 N–H and O–H groups in total. The minimum Gasteiger partial charge on any atom is -0.352 e. The molecule has 6 heteroatoms. The molecule has 0 unspecified atom stereocenters. The molecule has 0 bridgehead atoms. The second kappa shape index (κ2) is 9.27. The van der Waals surface area contributed by atoms with Crippen molar-refractivity contribution >= 4 is 11.9 Å². The molecular formula is C20H25FN4O. The molecule has 1 aliphatic carbocycles. The molecule has 138 valence electrons. The second-order valence-electron chi connectivity index (χ2n) is 6.73. The van der Waals surface area contributed by atoms with E-state index in [-0.39, 0.29) is 11.7 Å². The molecule has 5 nitrogen and oxygen atoms in total. The molecule has 0 radical (unpaired) electrons. The number of hydrogen-bond acceptors (Lipinski definition) is 4. The van der Waals surface area contributed by atoms with Gasteiger partial charge in [0, 0.05) is 25.0 Å². The Hall–Kier alpha value is -2.50. The minimum atomic E-state index is -0.251. The third-order valence-electron chi connectivity index (χ3n) is 4.74. The summed E-state index contributed by atoms with van der Waals surface area (Å²) >= 11 is 0. The highest BCUT2D eigenvalue weighted by Crippen LogP contribution is 2.19. The standard InChI is InChI=1S/C20H25FN4O/c21-18-10-6-5-7-15(18)11-12-22-19(26)16-13-23-20(24-14-16)25-17-8-3-1-2-4-9-17/h5-7,10,13-14,17H,1-4,8-9,11-12H2,(H,22,26)(H,23,24,25). The molecule has 0 saturated heterocycles. The van der Waals surface area contributed by atoms with Crippen LogP contribution >= 0.6 is 0 Å². The van der Waals surface area contributed by atoms with Crippen LogP contribution in [0.2, 0.25) is 0 Å². The van der Waals surface area contributed by atoms with Gasteiger partial charge in [0.2, 0.25) is 5.95 Å². The number of anilines is 1. The first-order valence-electron chi connectivity index (χ1n) is 9.32. The number of rotatable bonds is 6. The van der Waals surface area contributed by atoms with Gasteiger partial charge in [-0.15, -0.1) is 0 Å². The van der Waals surface area contributed by atoms with Crippen LogP contribution in [0.1, 0.15) is 54.4 Å². The monoisotopic (exact) mass is 356 g/mol. The lowest BCUT2D eigenvalue weighted by Crippen LogP contribution is -2.26. The molecular weight excluding hydrogens is 331 g/mol. The zero-order valence-electron chi connectivity index (χ0n) is 14.9. The smallest absolute Gasteiger partial charge is 0.254 e. The van der Waals surface area contributed by atoms with Crippen molar-refractivity contribution < 1.29 is 9.18 Å². The number of hydrogen-bond donors (Lipinski definition) is 2. The van der Waals surface area contributed by atoms with Crippen molar-refractivity contribution in [2.24, 2.45) is 0 Å². The van der Waals surface area contributed by atoms with Gasteiger partial charge < -0.3 is 10.6 Å². The van der Waals surface area contributed by atoms with Crippen LogP contribution in [0.25, 0.3) is 0 Å². The first-order valence-corrected chi connectivity index (χ1v) is 9.32. The number of nitrogens with one attached hydrogen (secondary N) is 2. The fraction of sp³-hybridized carbons (Fsp3) is 0.450. The van der Waals surface area contributed by atoms with Crippen LogP contribution in [0, 0.1) is 5.82 Å². The summed E-state index contributed by atoms with van der Waals surface area (Å²) in [5.41, 5.74) is 0.997. The Balaban J connectivity index is 1.48. The highest BCUT2D eigenvalue weighted by atomic mass is 19.1. The highest BCUT2D eigenvalue weighted by molar-refractivity contribution is 5.93. The summed E-state index contributed by atoms with van der Waals surface area (Å²) in [4.78, 5) is 20.7. The van der Waals surface area contributed by atoms with Crippen molar-refractivity contribution in [3.8, 4) is 0 Å². The van der Waals surface area contributed by atoms with E-state index in [0.717, 1.165) is 12.8 Å². The van der Waals surface area contributed by atoms with Crippen LogP contribution in [-0.4, -0.2) is 28.5 Å². The quantitative estimate of drug-likeness (QED) is 0.774. The van der Waals surface area contributed by atoms with Gasteiger partial charge >= 0.3 is 0 Å². The SMILES string of the molecule is O=C(NCCc1ccccc1F)c1cnc(NC2CCCCCC2)nc1. The molecule has 2 aromatic rings. The molecule has 1 aromatic carbocycles. The van der Waals surface area contributed by atoms with Crippen LogP contribution in [-0.2, 0) is 6.42 Å². The van der Waals surface area contributed by atoms with Gasteiger partial charge in [0.15, 0.2) is 0 Å². The van der Waals surface area contributed by atoms with E-state index in [2.05, 4.69) is 20.6 Å². The van der Waals surface area contributed by atoms with E-state index in [4.69, 9.17) is 0 Å². The minimum absolute atomic E-state index is 0.248. The third kappa shape index (κ3) is 5.25. The lowest BCUT2D eigenvalue weighted by atomic mass is 10.1. The summed E-state index contributed by atoms with van der Waals surface area (Å²) in [7, 11) is 0. The van der Waals surface area contributed by atoms with Gasteiger partial charge in [-0.3, -0.25) is 4.79 Å². The summed E-state index contributed by atoms with van der Waals surface area (Å²) in [5, 5.41) is 6.14. The Morgan fingerprint density at radius 2 is 1.77 bits per heavy atom. The number of halogens is 1. The Morgan fingerprint density at radius 1 is 1.08 bits per heavy atom. The molecule has 3 rings (SSSR count). The predicted octanol–water partition coefficient (Wildman–Crippen LogP) is 3.72. The molecule has 0 atom stereocenters. The number of benzene rings is 1. The second-order valence-corrected chi connectivity index (χ2v) is 6.73. The molecule has 1 aromatic heterocycles. The van der Waals surface area contributed by atoms with Crippen molar-refractivity contribution in [1.82, 2.24) is 15.3 Å². The van der Waals surface area contributed by atoms with Crippen molar-refractivity contribution in [1.29, 1.82) is 0 Å². The lowest BCUT2D eigenvalue weighted by molar-refractivity contribution is 0.0953. The van der Waals surface area contributed by atoms with Crippen LogP contribution in [0.15, 0.2) is 36.7 Å². The topological polar surface area (TPSA) is 66.9 Å². The van der Waals surface area contributed by atoms with Crippen LogP contribution in [0.4, 0.5) is 10.3 Å². The summed E-state index contributed by atoms with van der Waals surface area (Å²) < 4.78 is 13.6. The Kier molecular flexibility index (Phi) is 6.52. The molecule has 0 aliphatic heterocycles. The number of nitrogens with zero attached hydrogens (tertiary/aromatic N) is 2. The first-order chi connectivity index (χ1) is 12.7. The average molecular weight is 356 g/mol. The fourth-order valence-electron chi connectivity index (χ4n) is 3.24. The Bertz CT molecular complexity index is 712. The van der Waals surface area contributed by atoms with E-state index >= 15 is 0 Å². The van der Waals surface area contributed by atoms with Gasteiger partial charge in [0.25, 0.3) is 5.91 Å². The zero-order valence-corrected chi connectivity index (χ0v) is 14.9. The van der Waals surface area contributed by atoms with Gasteiger partial charge in [-0.1, -0.05) is 43.9 Å². The van der Waals surface area contributed by atoms with Gasteiger partial charge in [-0.25, -0.2) is 14.4 Å². The van der Waals surface area contributed by atoms with Gasteiger partial charge in [-0.2, -0.15) is 0 Å². The first kappa shape index (κ1) is 18.3. The van der Waals surface area contributed by atoms with Crippen LogP contribution in [0.3, 0.4) is 0 Å². The summed E-state index contributed by atoms with van der Waals surface area (Å²) in [5.74, 6) is 0.0705. The molecule has 26 heavy (non-hydrogen) atoms. The molecule has 0 spiro atoms. The average Bonchev–Trinajstić information content (AvgIpc) is 2.92. The van der Waals surface area contributed by atoms with E-state index in [9.17, 15) is 9.18 Å². The normalized spacial score (nSPS) is 15.3. The van der Waals surface area contributed by atoms with Gasteiger partial charge in [0.1, 0.15) is 5.82 Å². The molecule has 1 amide bonds. The summed E-state index contributed by atoms with van der Waals surface area (Å²) in [6.45, 7) is 0.363. The fourth-order valence-corrected chi connectivity index (χ4v) is 3.24. The van der Waals surface area contributed by atoms with Crippen molar-refractivity contribution in [3.05, 3.63) is 53.6 Å². The van der Waals surface area contributed by atoms with Crippen molar-refractivity contribution in [3.63, 3.8) is 0 Å². The van der Waals surface area contributed by atoms with E-state index in [0.29, 0.717) is 36.1 Å². The number of amides is 1. The van der Waals surface area contributed by atoms with Crippen LogP contribution < -0.4 is 10.6 Å². The van der Waals surface area contributed by atoms with Crippen molar-refractivity contribution in [2.75, 3.05) is 11.9 Å². The van der Waals surface area contributed by atoms with Crippen molar-refractivity contribution in [2.45, 2.75) is 51.0 Å². The van der Waals surface area contributed by atoms with Gasteiger partial charge in [0.05, 0.1) is 5.56 Å². The molecule has 1 aliphatic rings. The summed E-state index contributed by atoms with van der Waals surface area (Å²) in [6.07, 6.45) is 10.9. The van der Waals surface area contributed by atoms with E-state index in [1.54, 1.807) is 18.2 Å². The van der Waals surface area contributed by atoms with E-state index in [1.807, 2.05) is 0 Å². The number of carbonyl (C=O) groups is 1. The maximum atomic E-state index is 13.6. The molecule has 1 heterocycles.